The van der Waals surface area contributed by atoms with Crippen molar-refractivity contribution in [2.24, 2.45) is 0 Å². The van der Waals surface area contributed by atoms with Gasteiger partial charge in [0.25, 0.3) is 0 Å². The molecule has 0 aliphatic rings. The van der Waals surface area contributed by atoms with Crippen molar-refractivity contribution in [2.75, 3.05) is 0 Å². The number of carbonyl (C=O) groups excluding carboxylic acids is 1. The fourth-order valence-corrected chi connectivity index (χ4v) is 2.71. The molecule has 0 radical (unpaired) electrons. The molecule has 1 unspecified atom stereocenters. The van der Waals surface area contributed by atoms with Gasteiger partial charge in [-0.25, -0.2) is 0 Å². The van der Waals surface area contributed by atoms with Crippen LogP contribution in [0.4, 0.5) is 0 Å². The summed E-state index contributed by atoms with van der Waals surface area (Å²) < 4.78 is 0. The van der Waals surface area contributed by atoms with E-state index in [1.54, 1.807) is 0 Å². The van der Waals surface area contributed by atoms with E-state index in [-0.39, 0.29) is 24.6 Å². The third-order valence-corrected chi connectivity index (χ3v) is 3.93. The molecule has 0 saturated heterocycles. The van der Waals surface area contributed by atoms with Gasteiger partial charge < -0.3 is 0 Å². The summed E-state index contributed by atoms with van der Waals surface area (Å²) >= 11 is 0. The van der Waals surface area contributed by atoms with Crippen LogP contribution in [-0.4, -0.2) is 24.6 Å². The number of carbonyl (C=O) groups is 1. The summed E-state index contributed by atoms with van der Waals surface area (Å²) in [4.78, 5) is 12.8. The van der Waals surface area contributed by atoms with Crippen molar-refractivity contribution < 1.29 is 4.79 Å². The molecule has 1 nitrogen and oxygen atoms in total. The number of aryl methyl sites for hydroxylation is 2. The zero-order chi connectivity index (χ0) is 13.8. The normalized spacial score (nSPS) is 9.95. The van der Waals surface area contributed by atoms with E-state index in [1.807, 2.05) is 30.3 Å². The predicted octanol–water partition coefficient (Wildman–Crippen LogP) is 2.89. The van der Waals surface area contributed by atoms with Crippen LogP contribution in [0.3, 0.4) is 0 Å². The van der Waals surface area contributed by atoms with Gasteiger partial charge in [-0.15, -0.1) is 9.24 Å². The summed E-state index contributed by atoms with van der Waals surface area (Å²) in [5.74, 6) is 0.139. The van der Waals surface area contributed by atoms with Crippen molar-refractivity contribution >= 4 is 39.2 Å². The Kier molecular flexibility index (Phi) is 6.70. The third-order valence-electron chi connectivity index (χ3n) is 3.43. The van der Waals surface area contributed by atoms with E-state index < -0.39 is 0 Å². The monoisotopic (exact) mass is 278 g/mol. The molecule has 0 spiro atoms. The standard InChI is InChI=1S/C17H19OP.Li.H/c1-3-12-8-7-9-13(4-2)16(12)17(18)14-10-5-6-11-15(14)19;;/h5-11H,3-4,19H2,1-2H3;;. The predicted molar refractivity (Wildman–Crippen MR) is 91.6 cm³/mol. The average molecular weight is 278 g/mol. The summed E-state index contributed by atoms with van der Waals surface area (Å²) in [5.41, 5.74) is 3.95. The fraction of sp³-hybridized carbons (Fsp3) is 0.235. The van der Waals surface area contributed by atoms with E-state index >= 15 is 0 Å². The van der Waals surface area contributed by atoms with Gasteiger partial charge in [0.15, 0.2) is 5.78 Å². The summed E-state index contributed by atoms with van der Waals surface area (Å²) in [6.45, 7) is 4.19. The van der Waals surface area contributed by atoms with Crippen molar-refractivity contribution in [3.05, 3.63) is 64.7 Å². The molecule has 1 atom stereocenters. The van der Waals surface area contributed by atoms with Crippen LogP contribution < -0.4 is 5.30 Å². The Hall–Kier alpha value is -0.863. The van der Waals surface area contributed by atoms with Crippen LogP contribution in [0, 0.1) is 0 Å². The van der Waals surface area contributed by atoms with E-state index in [2.05, 4.69) is 35.2 Å². The molecule has 3 heteroatoms. The van der Waals surface area contributed by atoms with Gasteiger partial charge in [-0.2, -0.15) is 0 Å². The molecule has 0 heterocycles. The van der Waals surface area contributed by atoms with Gasteiger partial charge >= 0.3 is 18.9 Å². The maximum absolute atomic E-state index is 12.8. The molecule has 0 aliphatic carbocycles. The zero-order valence-electron chi connectivity index (χ0n) is 11.4. The number of ketones is 1. The molecule has 2 rings (SSSR count). The van der Waals surface area contributed by atoms with Crippen LogP contribution in [0.2, 0.25) is 0 Å². The summed E-state index contributed by atoms with van der Waals surface area (Å²) in [5, 5.41) is 0.959. The number of hydrogen-bond acceptors (Lipinski definition) is 1. The van der Waals surface area contributed by atoms with Gasteiger partial charge in [0.2, 0.25) is 0 Å². The molecule has 0 saturated carbocycles. The van der Waals surface area contributed by atoms with Crippen LogP contribution in [-0.2, 0) is 12.8 Å². The summed E-state index contributed by atoms with van der Waals surface area (Å²) in [6, 6.07) is 13.9. The van der Waals surface area contributed by atoms with Crippen molar-refractivity contribution in [3.63, 3.8) is 0 Å². The zero-order valence-corrected chi connectivity index (χ0v) is 12.6. The second-order valence-electron chi connectivity index (χ2n) is 4.57. The van der Waals surface area contributed by atoms with E-state index in [4.69, 9.17) is 0 Å². The van der Waals surface area contributed by atoms with E-state index in [0.717, 1.165) is 40.4 Å². The molecule has 2 aromatic carbocycles. The molecule has 0 aliphatic heterocycles. The van der Waals surface area contributed by atoms with Crippen molar-refractivity contribution in [1.82, 2.24) is 0 Å². The molecular weight excluding hydrogens is 258 g/mol. The van der Waals surface area contributed by atoms with Gasteiger partial charge in [0.1, 0.15) is 0 Å². The molecule has 0 N–H and O–H groups in total. The van der Waals surface area contributed by atoms with Crippen LogP contribution >= 0.6 is 9.24 Å². The first kappa shape index (κ1) is 17.2. The van der Waals surface area contributed by atoms with Crippen LogP contribution in [0.25, 0.3) is 0 Å². The van der Waals surface area contributed by atoms with Crippen molar-refractivity contribution in [3.8, 4) is 0 Å². The van der Waals surface area contributed by atoms with E-state index in [9.17, 15) is 4.79 Å². The third kappa shape index (κ3) is 3.42. The Labute approximate surface area is 135 Å². The van der Waals surface area contributed by atoms with Crippen LogP contribution in [0.1, 0.15) is 40.9 Å². The molecule has 0 amide bonds. The number of benzene rings is 2. The summed E-state index contributed by atoms with van der Waals surface area (Å²) in [6.07, 6.45) is 1.77. The Morgan fingerprint density at radius 3 is 2.00 bits per heavy atom. The molecule has 2 aromatic rings. The van der Waals surface area contributed by atoms with Gasteiger partial charge in [-0.3, -0.25) is 4.79 Å². The Morgan fingerprint density at radius 1 is 0.950 bits per heavy atom. The van der Waals surface area contributed by atoms with E-state index in [0.29, 0.717) is 0 Å². The fourth-order valence-electron chi connectivity index (χ4n) is 2.37. The second-order valence-corrected chi connectivity index (χ2v) is 5.20. The first-order valence-electron chi connectivity index (χ1n) is 6.69. The average Bonchev–Trinajstić information content (AvgIpc) is 2.46. The Morgan fingerprint density at radius 2 is 1.50 bits per heavy atom. The molecular formula is C17H20LiOP. The van der Waals surface area contributed by atoms with Gasteiger partial charge in [-0.1, -0.05) is 56.3 Å². The topological polar surface area (TPSA) is 17.1 Å². The molecule has 0 aromatic heterocycles. The van der Waals surface area contributed by atoms with Gasteiger partial charge in [0.05, 0.1) is 0 Å². The quantitative estimate of drug-likeness (QED) is 0.477. The first-order valence-corrected chi connectivity index (χ1v) is 7.26. The molecule has 20 heavy (non-hydrogen) atoms. The summed E-state index contributed by atoms with van der Waals surface area (Å²) in [7, 11) is 2.65. The molecule has 100 valence electrons. The first-order chi connectivity index (χ1) is 9.19. The van der Waals surface area contributed by atoms with Crippen LogP contribution in [0.15, 0.2) is 42.5 Å². The Bertz CT molecular complexity index is 585. The van der Waals surface area contributed by atoms with Crippen LogP contribution in [0.5, 0.6) is 0 Å². The molecule has 0 fully saturated rings. The minimum absolute atomic E-state index is 0. The second kappa shape index (κ2) is 7.80. The Balaban J connectivity index is 0.00000200. The minimum atomic E-state index is 0. The maximum atomic E-state index is 12.8. The van der Waals surface area contributed by atoms with Crippen molar-refractivity contribution in [1.29, 1.82) is 0 Å². The number of hydrogen-bond donors (Lipinski definition) is 0. The van der Waals surface area contributed by atoms with Gasteiger partial charge in [0, 0.05) is 11.1 Å². The molecule has 0 bridgehead atoms. The van der Waals surface area contributed by atoms with E-state index in [1.165, 1.54) is 0 Å². The number of rotatable bonds is 4. The SMILES string of the molecule is CCc1cccc(CC)c1C(=O)c1ccccc1P.[LiH]. The van der Waals surface area contributed by atoms with Gasteiger partial charge in [-0.05, 0) is 29.3 Å². The van der Waals surface area contributed by atoms with Crippen molar-refractivity contribution in [2.45, 2.75) is 26.7 Å².